The third kappa shape index (κ3) is 4.46. The fraction of sp³-hybridized carbons (Fsp3) is 0.0625. The maximum atomic E-state index is 12.2. The predicted octanol–water partition coefficient (Wildman–Crippen LogP) is 4.37. The highest BCUT2D eigenvalue weighted by Crippen LogP contribution is 2.34. The lowest BCUT2D eigenvalue weighted by atomic mass is 10.3. The van der Waals surface area contributed by atoms with Gasteiger partial charge in [0.05, 0.1) is 4.91 Å². The molecule has 1 aliphatic heterocycles. The first-order valence-electron chi connectivity index (χ1n) is 6.93. The molecule has 0 radical (unpaired) electrons. The van der Waals surface area contributed by atoms with E-state index in [0.29, 0.717) is 20.8 Å². The number of aliphatic carboxylic acids is 1. The van der Waals surface area contributed by atoms with Crippen LogP contribution < -0.4 is 0 Å². The first-order chi connectivity index (χ1) is 11.9. The molecule has 1 aromatic heterocycles. The van der Waals surface area contributed by atoms with Gasteiger partial charge in [-0.15, -0.1) is 0 Å². The molecule has 5 nitrogen and oxygen atoms in total. The van der Waals surface area contributed by atoms with Gasteiger partial charge in [-0.3, -0.25) is 14.5 Å². The summed E-state index contributed by atoms with van der Waals surface area (Å²) in [4.78, 5) is 25.4. The Morgan fingerprint density at radius 2 is 2.04 bits per heavy atom. The van der Waals surface area contributed by atoms with E-state index in [1.54, 1.807) is 30.3 Å². The smallest absolute Gasteiger partial charge is 0.323 e. The van der Waals surface area contributed by atoms with Gasteiger partial charge in [0.25, 0.3) is 5.91 Å². The van der Waals surface area contributed by atoms with Crippen LogP contribution in [0.2, 0.25) is 5.02 Å². The Bertz CT molecular complexity index is 876. The van der Waals surface area contributed by atoms with Crippen LogP contribution in [0.1, 0.15) is 5.76 Å². The number of nitrogens with zero attached hydrogens (tertiary/aromatic N) is 1. The number of benzene rings is 1. The Labute approximate surface area is 162 Å². The average Bonchev–Trinajstić information content (AvgIpc) is 3.09. The van der Waals surface area contributed by atoms with Crippen LogP contribution in [0.3, 0.4) is 0 Å². The second kappa shape index (κ2) is 7.65. The largest absolute Gasteiger partial charge is 0.480 e. The van der Waals surface area contributed by atoms with Gasteiger partial charge in [0.15, 0.2) is 5.09 Å². The van der Waals surface area contributed by atoms with Crippen LogP contribution in [0, 0.1) is 0 Å². The first kappa shape index (κ1) is 18.1. The number of amides is 1. The van der Waals surface area contributed by atoms with E-state index in [4.69, 9.17) is 33.3 Å². The highest BCUT2D eigenvalue weighted by molar-refractivity contribution is 8.26. The summed E-state index contributed by atoms with van der Waals surface area (Å²) in [5, 5.41) is 10.2. The molecule has 0 spiro atoms. The van der Waals surface area contributed by atoms with Gasteiger partial charge >= 0.3 is 5.97 Å². The van der Waals surface area contributed by atoms with Gasteiger partial charge in [-0.05, 0) is 36.4 Å². The number of rotatable bonds is 5. The van der Waals surface area contributed by atoms with Gasteiger partial charge in [0, 0.05) is 16.0 Å². The molecule has 1 amide bonds. The Morgan fingerprint density at radius 1 is 1.32 bits per heavy atom. The van der Waals surface area contributed by atoms with Gasteiger partial charge in [-0.1, -0.05) is 47.3 Å². The van der Waals surface area contributed by atoms with E-state index in [1.807, 2.05) is 12.1 Å². The molecule has 1 N–H and O–H groups in total. The van der Waals surface area contributed by atoms with E-state index in [0.717, 1.165) is 21.6 Å². The van der Waals surface area contributed by atoms with Crippen molar-refractivity contribution in [3.05, 3.63) is 52.1 Å². The van der Waals surface area contributed by atoms with Crippen LogP contribution in [0.25, 0.3) is 6.08 Å². The Kier molecular flexibility index (Phi) is 5.53. The quantitative estimate of drug-likeness (QED) is 0.578. The van der Waals surface area contributed by atoms with E-state index >= 15 is 0 Å². The molecule has 25 heavy (non-hydrogen) atoms. The van der Waals surface area contributed by atoms with E-state index < -0.39 is 18.4 Å². The summed E-state index contributed by atoms with van der Waals surface area (Å²) in [5.74, 6) is -1.05. The number of carbonyl (C=O) groups is 2. The number of hydrogen-bond acceptors (Lipinski definition) is 6. The van der Waals surface area contributed by atoms with E-state index in [2.05, 4.69) is 0 Å². The third-order valence-electron chi connectivity index (χ3n) is 3.07. The molecule has 1 aliphatic rings. The van der Waals surface area contributed by atoms with Crippen LogP contribution in [0.15, 0.2) is 55.7 Å². The molecule has 1 fully saturated rings. The van der Waals surface area contributed by atoms with Crippen LogP contribution in [0.4, 0.5) is 0 Å². The Hall–Kier alpha value is -1.74. The highest BCUT2D eigenvalue weighted by atomic mass is 35.5. The zero-order valence-electron chi connectivity index (χ0n) is 12.5. The molecule has 3 rings (SSSR count). The maximum absolute atomic E-state index is 12.2. The molecule has 0 saturated carbocycles. The zero-order chi connectivity index (χ0) is 18.0. The van der Waals surface area contributed by atoms with E-state index in [-0.39, 0.29) is 4.32 Å². The van der Waals surface area contributed by atoms with Crippen molar-refractivity contribution in [2.24, 2.45) is 0 Å². The standard InChI is InChI=1S/C16H10ClNO4S3/c17-9-1-4-11(5-2-9)24-14-6-3-10(22-14)7-12-15(21)18(8-13(19)20)16(23)25-12/h1-7H,8H2,(H,19,20)/b12-7-. The van der Waals surface area contributed by atoms with Gasteiger partial charge in [0.1, 0.15) is 16.6 Å². The lowest BCUT2D eigenvalue weighted by Crippen LogP contribution is -2.33. The highest BCUT2D eigenvalue weighted by Gasteiger charge is 2.33. The lowest BCUT2D eigenvalue weighted by molar-refractivity contribution is -0.140. The van der Waals surface area contributed by atoms with Crippen molar-refractivity contribution in [2.75, 3.05) is 6.54 Å². The lowest BCUT2D eigenvalue weighted by Gasteiger charge is -2.09. The molecule has 128 valence electrons. The van der Waals surface area contributed by atoms with Crippen molar-refractivity contribution in [1.29, 1.82) is 0 Å². The molecule has 1 saturated heterocycles. The number of thiocarbonyl (C=S) groups is 1. The minimum atomic E-state index is -1.11. The molecule has 0 bridgehead atoms. The molecule has 2 heterocycles. The number of hydrogen-bond donors (Lipinski definition) is 1. The van der Waals surface area contributed by atoms with Crippen molar-refractivity contribution < 1.29 is 19.1 Å². The number of carboxylic acid groups (broad SMARTS) is 1. The van der Waals surface area contributed by atoms with Crippen LogP contribution >= 0.6 is 47.3 Å². The first-order valence-corrected chi connectivity index (χ1v) is 9.35. The van der Waals surface area contributed by atoms with Crippen LogP contribution in [0.5, 0.6) is 0 Å². The van der Waals surface area contributed by atoms with Gasteiger partial charge in [-0.2, -0.15) is 0 Å². The number of carboxylic acids is 1. The zero-order valence-corrected chi connectivity index (χ0v) is 15.7. The van der Waals surface area contributed by atoms with E-state index in [1.165, 1.54) is 11.8 Å². The normalized spacial score (nSPS) is 16.0. The Morgan fingerprint density at radius 3 is 2.72 bits per heavy atom. The average molecular weight is 412 g/mol. The van der Waals surface area contributed by atoms with Crippen molar-refractivity contribution in [3.63, 3.8) is 0 Å². The summed E-state index contributed by atoms with van der Waals surface area (Å²) in [6.45, 7) is -0.447. The second-order valence-electron chi connectivity index (χ2n) is 4.87. The van der Waals surface area contributed by atoms with Crippen molar-refractivity contribution in [3.8, 4) is 0 Å². The third-order valence-corrected chi connectivity index (χ3v) is 5.63. The Balaban J connectivity index is 1.73. The molecule has 1 aromatic carbocycles. The fourth-order valence-corrected chi connectivity index (χ4v) is 4.13. The molecule has 0 unspecified atom stereocenters. The number of furan rings is 1. The van der Waals surface area contributed by atoms with Crippen molar-refractivity contribution in [1.82, 2.24) is 4.90 Å². The van der Waals surface area contributed by atoms with E-state index in [9.17, 15) is 9.59 Å². The summed E-state index contributed by atoms with van der Waals surface area (Å²) >= 11 is 13.4. The molecular formula is C16H10ClNO4S3. The summed E-state index contributed by atoms with van der Waals surface area (Å²) < 4.78 is 5.91. The topological polar surface area (TPSA) is 70.8 Å². The van der Waals surface area contributed by atoms with Crippen molar-refractivity contribution in [2.45, 2.75) is 9.99 Å². The molecule has 9 heteroatoms. The monoisotopic (exact) mass is 411 g/mol. The molecule has 2 aromatic rings. The SMILES string of the molecule is O=C(O)CN1C(=O)/C(=C/c2ccc(Sc3ccc(Cl)cc3)o2)SC1=S. The minimum Gasteiger partial charge on any atom is -0.480 e. The van der Waals surface area contributed by atoms with Crippen molar-refractivity contribution >= 4 is 69.6 Å². The fourth-order valence-electron chi connectivity index (χ4n) is 1.99. The summed E-state index contributed by atoms with van der Waals surface area (Å²) in [6, 6.07) is 10.9. The molecular weight excluding hydrogens is 402 g/mol. The molecule has 0 atom stereocenters. The van der Waals surface area contributed by atoms with Crippen LogP contribution in [-0.4, -0.2) is 32.7 Å². The molecule has 0 aliphatic carbocycles. The summed E-state index contributed by atoms with van der Waals surface area (Å²) in [6.07, 6.45) is 1.56. The summed E-state index contributed by atoms with van der Waals surface area (Å²) in [5.41, 5.74) is 0. The predicted molar refractivity (Wildman–Crippen MR) is 102 cm³/mol. The van der Waals surface area contributed by atoms with Gasteiger partial charge in [-0.25, -0.2) is 0 Å². The number of carbonyl (C=O) groups excluding carboxylic acids is 1. The van der Waals surface area contributed by atoms with Crippen LogP contribution in [-0.2, 0) is 9.59 Å². The summed E-state index contributed by atoms with van der Waals surface area (Å²) in [7, 11) is 0. The second-order valence-corrected chi connectivity index (χ2v) is 8.06. The number of halogens is 1. The maximum Gasteiger partial charge on any atom is 0.323 e. The van der Waals surface area contributed by atoms with Gasteiger partial charge < -0.3 is 9.52 Å². The number of thioether (sulfide) groups is 1. The van der Waals surface area contributed by atoms with Gasteiger partial charge in [0.2, 0.25) is 0 Å². The minimum absolute atomic E-state index is 0.223.